The Labute approximate surface area is 106 Å². The minimum absolute atomic E-state index is 0.640. The van der Waals surface area contributed by atoms with Crippen LogP contribution in [0.3, 0.4) is 0 Å². The molecule has 0 aromatic carbocycles. The average molecular weight is 239 g/mol. The van der Waals surface area contributed by atoms with Gasteiger partial charge in [0.05, 0.1) is 0 Å². The molecule has 0 unspecified atom stereocenters. The van der Waals surface area contributed by atoms with Crippen molar-refractivity contribution < 1.29 is 0 Å². The normalized spacial score (nSPS) is 31.9. The SMILES string of the molecule is CC(C)NC[C@H]1CC[C@H](N2CCNCC2)CC1. The van der Waals surface area contributed by atoms with Gasteiger partial charge in [0.2, 0.25) is 0 Å². The van der Waals surface area contributed by atoms with E-state index in [1.807, 2.05) is 0 Å². The fourth-order valence-corrected chi connectivity index (χ4v) is 3.16. The van der Waals surface area contributed by atoms with E-state index in [1.54, 1.807) is 0 Å². The second kappa shape index (κ2) is 6.72. The van der Waals surface area contributed by atoms with Crippen LogP contribution in [0.15, 0.2) is 0 Å². The van der Waals surface area contributed by atoms with Crippen LogP contribution in [0.1, 0.15) is 39.5 Å². The molecule has 1 heterocycles. The highest BCUT2D eigenvalue weighted by Gasteiger charge is 2.26. The topological polar surface area (TPSA) is 27.3 Å². The second-order valence-corrected chi connectivity index (χ2v) is 6.02. The molecule has 1 saturated heterocycles. The van der Waals surface area contributed by atoms with E-state index in [9.17, 15) is 0 Å². The van der Waals surface area contributed by atoms with Crippen LogP contribution < -0.4 is 10.6 Å². The van der Waals surface area contributed by atoms with Crippen LogP contribution in [0, 0.1) is 5.92 Å². The van der Waals surface area contributed by atoms with Crippen molar-refractivity contribution in [2.45, 2.75) is 51.6 Å². The highest BCUT2D eigenvalue weighted by atomic mass is 15.2. The van der Waals surface area contributed by atoms with Crippen molar-refractivity contribution in [2.75, 3.05) is 32.7 Å². The van der Waals surface area contributed by atoms with Crippen LogP contribution in [-0.4, -0.2) is 49.7 Å². The third kappa shape index (κ3) is 4.23. The lowest BCUT2D eigenvalue weighted by molar-refractivity contribution is 0.121. The Balaban J connectivity index is 1.66. The van der Waals surface area contributed by atoms with Gasteiger partial charge >= 0.3 is 0 Å². The minimum Gasteiger partial charge on any atom is -0.314 e. The number of piperazine rings is 1. The molecule has 1 aliphatic carbocycles. The summed E-state index contributed by atoms with van der Waals surface area (Å²) in [7, 11) is 0. The van der Waals surface area contributed by atoms with Gasteiger partial charge in [0, 0.05) is 38.3 Å². The zero-order valence-corrected chi connectivity index (χ0v) is 11.5. The summed E-state index contributed by atoms with van der Waals surface area (Å²) >= 11 is 0. The number of hydrogen-bond donors (Lipinski definition) is 2. The van der Waals surface area contributed by atoms with Crippen molar-refractivity contribution in [1.82, 2.24) is 15.5 Å². The zero-order chi connectivity index (χ0) is 12.1. The van der Waals surface area contributed by atoms with Gasteiger partial charge in [-0.25, -0.2) is 0 Å². The summed E-state index contributed by atoms with van der Waals surface area (Å²) in [5.41, 5.74) is 0. The molecule has 3 heteroatoms. The van der Waals surface area contributed by atoms with Crippen LogP contribution in [0.25, 0.3) is 0 Å². The molecule has 2 aliphatic rings. The Bertz CT molecular complexity index is 204. The van der Waals surface area contributed by atoms with Crippen LogP contribution in [-0.2, 0) is 0 Å². The fourth-order valence-electron chi connectivity index (χ4n) is 3.16. The lowest BCUT2D eigenvalue weighted by atomic mass is 9.85. The van der Waals surface area contributed by atoms with Crippen molar-refractivity contribution in [3.05, 3.63) is 0 Å². The number of hydrogen-bond acceptors (Lipinski definition) is 3. The average Bonchev–Trinajstić information content (AvgIpc) is 2.38. The molecular formula is C14H29N3. The molecular weight excluding hydrogens is 210 g/mol. The molecule has 0 radical (unpaired) electrons. The standard InChI is InChI=1S/C14H29N3/c1-12(2)16-11-13-3-5-14(6-4-13)17-9-7-15-8-10-17/h12-16H,3-11H2,1-2H3/t13-,14-. The summed E-state index contributed by atoms with van der Waals surface area (Å²) in [6.07, 6.45) is 5.69. The van der Waals surface area contributed by atoms with Crippen molar-refractivity contribution in [3.8, 4) is 0 Å². The van der Waals surface area contributed by atoms with Crippen molar-refractivity contribution in [3.63, 3.8) is 0 Å². The molecule has 0 spiro atoms. The Morgan fingerprint density at radius 1 is 1.12 bits per heavy atom. The molecule has 1 saturated carbocycles. The number of nitrogens with zero attached hydrogens (tertiary/aromatic N) is 1. The first-order chi connectivity index (χ1) is 8.25. The molecule has 3 nitrogen and oxygen atoms in total. The first-order valence-corrected chi connectivity index (χ1v) is 7.44. The summed E-state index contributed by atoms with van der Waals surface area (Å²) in [6.45, 7) is 10.6. The van der Waals surface area contributed by atoms with Crippen molar-refractivity contribution >= 4 is 0 Å². The molecule has 2 rings (SSSR count). The number of nitrogens with one attached hydrogen (secondary N) is 2. The highest BCUT2D eigenvalue weighted by molar-refractivity contribution is 4.83. The Morgan fingerprint density at radius 2 is 1.76 bits per heavy atom. The maximum absolute atomic E-state index is 3.59. The number of rotatable bonds is 4. The largest absolute Gasteiger partial charge is 0.314 e. The van der Waals surface area contributed by atoms with Gasteiger partial charge in [-0.3, -0.25) is 4.90 Å². The van der Waals surface area contributed by atoms with E-state index >= 15 is 0 Å². The van der Waals surface area contributed by atoms with E-state index in [0.717, 1.165) is 12.0 Å². The van der Waals surface area contributed by atoms with Gasteiger partial charge in [-0.05, 0) is 38.1 Å². The maximum Gasteiger partial charge on any atom is 0.0110 e. The third-order valence-corrected chi connectivity index (χ3v) is 4.30. The summed E-state index contributed by atoms with van der Waals surface area (Å²) < 4.78 is 0. The first-order valence-electron chi connectivity index (χ1n) is 7.44. The van der Waals surface area contributed by atoms with Gasteiger partial charge < -0.3 is 10.6 Å². The molecule has 0 bridgehead atoms. The van der Waals surface area contributed by atoms with E-state index in [1.165, 1.54) is 58.4 Å². The molecule has 0 amide bonds. The Kier molecular flexibility index (Phi) is 5.26. The Morgan fingerprint density at radius 3 is 2.35 bits per heavy atom. The fraction of sp³-hybridized carbons (Fsp3) is 1.00. The summed E-state index contributed by atoms with van der Waals surface area (Å²) in [6, 6.07) is 1.52. The lowest BCUT2D eigenvalue weighted by Crippen LogP contribution is -2.49. The zero-order valence-electron chi connectivity index (χ0n) is 11.5. The Hall–Kier alpha value is -0.120. The van der Waals surface area contributed by atoms with E-state index < -0.39 is 0 Å². The smallest absolute Gasteiger partial charge is 0.0110 e. The molecule has 2 N–H and O–H groups in total. The quantitative estimate of drug-likeness (QED) is 0.777. The van der Waals surface area contributed by atoms with E-state index in [-0.39, 0.29) is 0 Å². The third-order valence-electron chi connectivity index (χ3n) is 4.30. The van der Waals surface area contributed by atoms with Crippen molar-refractivity contribution in [2.24, 2.45) is 5.92 Å². The molecule has 0 aromatic heterocycles. The first kappa shape index (κ1) is 13.3. The lowest BCUT2D eigenvalue weighted by Gasteiger charge is -2.39. The van der Waals surface area contributed by atoms with Gasteiger partial charge in [0.15, 0.2) is 0 Å². The molecule has 0 aromatic rings. The van der Waals surface area contributed by atoms with Crippen LogP contribution >= 0.6 is 0 Å². The predicted octanol–water partition coefficient (Wildman–Crippen LogP) is 1.45. The molecule has 17 heavy (non-hydrogen) atoms. The summed E-state index contributed by atoms with van der Waals surface area (Å²) in [4.78, 5) is 2.71. The predicted molar refractivity (Wildman–Crippen MR) is 73.3 cm³/mol. The van der Waals surface area contributed by atoms with Gasteiger partial charge in [0.1, 0.15) is 0 Å². The molecule has 1 aliphatic heterocycles. The van der Waals surface area contributed by atoms with Gasteiger partial charge in [-0.2, -0.15) is 0 Å². The van der Waals surface area contributed by atoms with E-state index in [0.29, 0.717) is 6.04 Å². The molecule has 0 atom stereocenters. The molecule has 2 fully saturated rings. The maximum atomic E-state index is 3.59. The molecule has 100 valence electrons. The van der Waals surface area contributed by atoms with E-state index in [4.69, 9.17) is 0 Å². The van der Waals surface area contributed by atoms with Crippen molar-refractivity contribution in [1.29, 1.82) is 0 Å². The summed E-state index contributed by atoms with van der Waals surface area (Å²) in [5.74, 6) is 0.927. The van der Waals surface area contributed by atoms with E-state index in [2.05, 4.69) is 29.4 Å². The van der Waals surface area contributed by atoms with Crippen LogP contribution in [0.4, 0.5) is 0 Å². The van der Waals surface area contributed by atoms with Crippen LogP contribution in [0.5, 0.6) is 0 Å². The summed E-state index contributed by atoms with van der Waals surface area (Å²) in [5, 5.41) is 7.03. The monoisotopic (exact) mass is 239 g/mol. The van der Waals surface area contributed by atoms with Gasteiger partial charge in [-0.15, -0.1) is 0 Å². The highest BCUT2D eigenvalue weighted by Crippen LogP contribution is 2.27. The van der Waals surface area contributed by atoms with Crippen LogP contribution in [0.2, 0.25) is 0 Å². The van der Waals surface area contributed by atoms with Gasteiger partial charge in [0.25, 0.3) is 0 Å². The van der Waals surface area contributed by atoms with Gasteiger partial charge in [-0.1, -0.05) is 13.8 Å². The minimum atomic E-state index is 0.640. The second-order valence-electron chi connectivity index (χ2n) is 6.02.